The zero-order valence-corrected chi connectivity index (χ0v) is 13.5. The van der Waals surface area contributed by atoms with Crippen molar-refractivity contribution in [2.75, 3.05) is 0 Å². The summed E-state index contributed by atoms with van der Waals surface area (Å²) >= 11 is 0. The highest BCUT2D eigenvalue weighted by Gasteiger charge is 2.08. The van der Waals surface area contributed by atoms with Crippen molar-refractivity contribution in [1.82, 2.24) is 10.2 Å². The molecule has 4 nitrogen and oxygen atoms in total. The number of hydrogen-bond acceptors (Lipinski definition) is 4. The number of nitrogens with zero attached hydrogens (tertiary/aromatic N) is 2. The van der Waals surface area contributed by atoms with Gasteiger partial charge in [-0.25, -0.2) is 0 Å². The molecule has 0 aliphatic heterocycles. The van der Waals surface area contributed by atoms with Crippen LogP contribution in [-0.4, -0.2) is 10.2 Å². The van der Waals surface area contributed by atoms with Crippen molar-refractivity contribution in [2.24, 2.45) is 0 Å². The Hall–Kier alpha value is -2.62. The quantitative estimate of drug-likeness (QED) is 0.669. The lowest BCUT2D eigenvalue weighted by atomic mass is 10.1. The lowest BCUT2D eigenvalue weighted by Crippen LogP contribution is -1.95. The van der Waals surface area contributed by atoms with Crippen molar-refractivity contribution in [2.45, 2.75) is 33.3 Å². The fourth-order valence-corrected chi connectivity index (χ4v) is 2.35. The van der Waals surface area contributed by atoms with Gasteiger partial charge in [-0.2, -0.15) is 0 Å². The van der Waals surface area contributed by atoms with Gasteiger partial charge in [0.1, 0.15) is 12.4 Å². The molecule has 3 rings (SSSR count). The normalized spacial score (nSPS) is 10.7. The topological polar surface area (TPSA) is 48.2 Å². The molecule has 0 bridgehead atoms. The second-order valence-corrected chi connectivity index (χ2v) is 5.55. The maximum atomic E-state index is 5.82. The number of rotatable bonds is 6. The highest BCUT2D eigenvalue weighted by molar-refractivity contribution is 5.53. The maximum Gasteiger partial charge on any atom is 0.247 e. The van der Waals surface area contributed by atoms with Crippen molar-refractivity contribution in [1.29, 1.82) is 0 Å². The van der Waals surface area contributed by atoms with Crippen LogP contribution in [0, 0.1) is 6.92 Å². The van der Waals surface area contributed by atoms with E-state index in [1.165, 1.54) is 5.56 Å². The summed E-state index contributed by atoms with van der Waals surface area (Å²) in [5, 5.41) is 8.12. The minimum atomic E-state index is 0.554. The average molecular weight is 308 g/mol. The van der Waals surface area contributed by atoms with E-state index < -0.39 is 0 Å². The summed E-state index contributed by atoms with van der Waals surface area (Å²) in [6.07, 6.45) is 1.80. The van der Waals surface area contributed by atoms with Crippen LogP contribution < -0.4 is 4.74 Å². The minimum absolute atomic E-state index is 0.554. The first-order valence-electron chi connectivity index (χ1n) is 7.86. The molecule has 1 heterocycles. The molecule has 0 N–H and O–H groups in total. The SMILES string of the molecule is CCCc1nnc(-c2ccc(OCc3cccc(C)c3)cc2)o1. The minimum Gasteiger partial charge on any atom is -0.489 e. The van der Waals surface area contributed by atoms with Gasteiger partial charge in [-0.15, -0.1) is 10.2 Å². The van der Waals surface area contributed by atoms with Gasteiger partial charge >= 0.3 is 0 Å². The van der Waals surface area contributed by atoms with E-state index in [0.717, 1.165) is 29.7 Å². The van der Waals surface area contributed by atoms with Gasteiger partial charge in [0.25, 0.3) is 0 Å². The van der Waals surface area contributed by atoms with Crippen molar-refractivity contribution >= 4 is 0 Å². The number of aromatic nitrogens is 2. The smallest absolute Gasteiger partial charge is 0.247 e. The molecule has 0 atom stereocenters. The van der Waals surface area contributed by atoms with Crippen LogP contribution in [0.4, 0.5) is 0 Å². The molecule has 0 amide bonds. The molecule has 0 saturated carbocycles. The molecule has 0 fully saturated rings. The van der Waals surface area contributed by atoms with Gasteiger partial charge in [0.15, 0.2) is 0 Å². The highest BCUT2D eigenvalue weighted by Crippen LogP contribution is 2.22. The predicted octanol–water partition coefficient (Wildman–Crippen LogP) is 4.58. The van der Waals surface area contributed by atoms with Gasteiger partial charge in [0, 0.05) is 12.0 Å². The van der Waals surface area contributed by atoms with Crippen LogP contribution >= 0.6 is 0 Å². The maximum absolute atomic E-state index is 5.82. The Morgan fingerprint density at radius 2 is 1.87 bits per heavy atom. The van der Waals surface area contributed by atoms with Crippen LogP contribution in [0.3, 0.4) is 0 Å². The summed E-state index contributed by atoms with van der Waals surface area (Å²) in [6, 6.07) is 16.0. The number of ether oxygens (including phenoxy) is 1. The number of aryl methyl sites for hydroxylation is 2. The van der Waals surface area contributed by atoms with Crippen LogP contribution in [0.15, 0.2) is 52.9 Å². The van der Waals surface area contributed by atoms with E-state index in [2.05, 4.69) is 42.2 Å². The molecule has 0 unspecified atom stereocenters. The van der Waals surface area contributed by atoms with E-state index in [9.17, 15) is 0 Å². The first-order valence-corrected chi connectivity index (χ1v) is 7.86. The Bertz CT molecular complexity index is 763. The standard InChI is InChI=1S/C19H20N2O2/c1-3-5-18-20-21-19(23-18)16-8-10-17(11-9-16)22-13-15-7-4-6-14(2)12-15/h4,6-12H,3,5,13H2,1-2H3. The van der Waals surface area contributed by atoms with E-state index >= 15 is 0 Å². The first-order chi connectivity index (χ1) is 11.2. The van der Waals surface area contributed by atoms with E-state index in [1.807, 2.05) is 30.3 Å². The molecule has 0 aliphatic carbocycles. The molecule has 3 aromatic rings. The molecule has 0 aliphatic rings. The van der Waals surface area contributed by atoms with Crippen molar-refractivity contribution in [3.63, 3.8) is 0 Å². The molecule has 2 aromatic carbocycles. The van der Waals surface area contributed by atoms with Crippen LogP contribution in [0.2, 0.25) is 0 Å². The van der Waals surface area contributed by atoms with E-state index in [4.69, 9.17) is 9.15 Å². The van der Waals surface area contributed by atoms with Gasteiger partial charge in [-0.05, 0) is 43.2 Å². The Morgan fingerprint density at radius 3 is 2.61 bits per heavy atom. The number of benzene rings is 2. The van der Waals surface area contributed by atoms with Crippen molar-refractivity contribution < 1.29 is 9.15 Å². The van der Waals surface area contributed by atoms with Crippen molar-refractivity contribution in [3.8, 4) is 17.2 Å². The fraction of sp³-hybridized carbons (Fsp3) is 0.263. The van der Waals surface area contributed by atoms with Gasteiger partial charge in [0.2, 0.25) is 11.8 Å². The average Bonchev–Trinajstić information content (AvgIpc) is 3.03. The lowest BCUT2D eigenvalue weighted by Gasteiger charge is -2.07. The number of hydrogen-bond donors (Lipinski definition) is 0. The molecular weight excluding hydrogens is 288 g/mol. The Morgan fingerprint density at radius 1 is 1.04 bits per heavy atom. The summed E-state index contributed by atoms with van der Waals surface area (Å²) in [5.41, 5.74) is 3.30. The molecule has 1 aromatic heterocycles. The second kappa shape index (κ2) is 7.09. The molecule has 118 valence electrons. The Labute approximate surface area is 136 Å². The molecule has 0 spiro atoms. The van der Waals surface area contributed by atoms with Gasteiger partial charge in [0.05, 0.1) is 0 Å². The molecule has 23 heavy (non-hydrogen) atoms. The highest BCUT2D eigenvalue weighted by atomic mass is 16.5. The van der Waals surface area contributed by atoms with Crippen LogP contribution in [-0.2, 0) is 13.0 Å². The zero-order chi connectivity index (χ0) is 16.1. The largest absolute Gasteiger partial charge is 0.489 e. The summed E-state index contributed by atoms with van der Waals surface area (Å²) in [6.45, 7) is 4.72. The van der Waals surface area contributed by atoms with E-state index in [1.54, 1.807) is 0 Å². The van der Waals surface area contributed by atoms with Gasteiger partial charge in [-0.1, -0.05) is 36.8 Å². The third-order valence-corrected chi connectivity index (χ3v) is 3.52. The van der Waals surface area contributed by atoms with Gasteiger partial charge in [-0.3, -0.25) is 0 Å². The summed E-state index contributed by atoms with van der Waals surface area (Å²) in [5.74, 6) is 2.06. The van der Waals surface area contributed by atoms with Gasteiger partial charge < -0.3 is 9.15 Å². The van der Waals surface area contributed by atoms with Crippen LogP contribution in [0.5, 0.6) is 5.75 Å². The van der Waals surface area contributed by atoms with Crippen molar-refractivity contribution in [3.05, 3.63) is 65.5 Å². The molecular formula is C19H20N2O2. The molecule has 4 heteroatoms. The lowest BCUT2D eigenvalue weighted by molar-refractivity contribution is 0.306. The zero-order valence-electron chi connectivity index (χ0n) is 13.5. The van der Waals surface area contributed by atoms with Crippen LogP contribution in [0.1, 0.15) is 30.4 Å². The summed E-state index contributed by atoms with van der Waals surface area (Å²) in [4.78, 5) is 0. The first kappa shape index (κ1) is 15.3. The van der Waals surface area contributed by atoms with Crippen LogP contribution in [0.25, 0.3) is 11.5 Å². The summed E-state index contributed by atoms with van der Waals surface area (Å²) in [7, 11) is 0. The Kier molecular flexibility index (Phi) is 4.71. The van der Waals surface area contributed by atoms with E-state index in [0.29, 0.717) is 18.4 Å². The Balaban J connectivity index is 1.64. The van der Waals surface area contributed by atoms with E-state index in [-0.39, 0.29) is 0 Å². The second-order valence-electron chi connectivity index (χ2n) is 5.55. The third-order valence-electron chi connectivity index (χ3n) is 3.52. The fourth-order valence-electron chi connectivity index (χ4n) is 2.35. The molecule has 0 radical (unpaired) electrons. The predicted molar refractivity (Wildman–Crippen MR) is 89.2 cm³/mol. The summed E-state index contributed by atoms with van der Waals surface area (Å²) < 4.78 is 11.4. The molecule has 0 saturated heterocycles. The monoisotopic (exact) mass is 308 g/mol. The third kappa shape index (κ3) is 3.97.